The van der Waals surface area contributed by atoms with Gasteiger partial charge in [-0.15, -0.1) is 0 Å². The van der Waals surface area contributed by atoms with Crippen molar-refractivity contribution in [2.45, 2.75) is 25.8 Å². The summed E-state index contributed by atoms with van der Waals surface area (Å²) in [4.78, 5) is 16.0. The van der Waals surface area contributed by atoms with Gasteiger partial charge in [0.25, 0.3) is 0 Å². The molecular weight excluding hydrogens is 332 g/mol. The van der Waals surface area contributed by atoms with Gasteiger partial charge in [0.15, 0.2) is 5.96 Å². The van der Waals surface area contributed by atoms with Crippen molar-refractivity contribution in [2.75, 3.05) is 18.9 Å². The van der Waals surface area contributed by atoms with E-state index in [9.17, 15) is 4.79 Å². The summed E-state index contributed by atoms with van der Waals surface area (Å²) in [6.07, 6.45) is 1.59. The maximum absolute atomic E-state index is 11.8. The Bertz CT molecular complexity index is 515. The molecule has 2 atom stereocenters. The van der Waals surface area contributed by atoms with Gasteiger partial charge < -0.3 is 16.0 Å². The molecule has 1 fully saturated rings. The fourth-order valence-electron chi connectivity index (χ4n) is 1.94. The average Bonchev–Trinajstić information content (AvgIpc) is 3.15. The molecule has 0 saturated heterocycles. The number of carbonyl (C=O) groups excluding carboxylic acids is 1. The highest BCUT2D eigenvalue weighted by atomic mass is 79.9. The van der Waals surface area contributed by atoms with Crippen LogP contribution in [-0.2, 0) is 4.79 Å². The van der Waals surface area contributed by atoms with Gasteiger partial charge in [0.1, 0.15) is 0 Å². The summed E-state index contributed by atoms with van der Waals surface area (Å²) in [7, 11) is 1.74. The second-order valence-electron chi connectivity index (χ2n) is 5.27. The van der Waals surface area contributed by atoms with Crippen LogP contribution in [0.5, 0.6) is 0 Å². The van der Waals surface area contributed by atoms with Crippen molar-refractivity contribution in [1.82, 2.24) is 10.6 Å². The second kappa shape index (κ2) is 7.45. The van der Waals surface area contributed by atoms with Crippen molar-refractivity contribution in [3.63, 3.8) is 0 Å². The Morgan fingerprint density at radius 2 is 2.05 bits per heavy atom. The summed E-state index contributed by atoms with van der Waals surface area (Å²) in [6, 6.07) is 8.05. The van der Waals surface area contributed by atoms with E-state index < -0.39 is 0 Å². The minimum absolute atomic E-state index is 0.0138. The first-order chi connectivity index (χ1) is 10.1. The Balaban J connectivity index is 1.67. The fourth-order valence-corrected chi connectivity index (χ4v) is 2.21. The summed E-state index contributed by atoms with van der Waals surface area (Å²) < 4.78 is 0.992. The highest BCUT2D eigenvalue weighted by Crippen LogP contribution is 2.28. The summed E-state index contributed by atoms with van der Waals surface area (Å²) >= 11 is 3.36. The van der Waals surface area contributed by atoms with Crippen LogP contribution < -0.4 is 16.0 Å². The molecule has 1 aliphatic carbocycles. The average molecular weight is 353 g/mol. The summed E-state index contributed by atoms with van der Waals surface area (Å²) in [5.41, 5.74) is 0.803. The molecule has 0 aromatic heterocycles. The Kier molecular flexibility index (Phi) is 5.61. The lowest BCUT2D eigenvalue weighted by Crippen LogP contribution is -2.40. The number of amides is 1. The van der Waals surface area contributed by atoms with Gasteiger partial charge in [0.2, 0.25) is 5.91 Å². The first kappa shape index (κ1) is 15.8. The van der Waals surface area contributed by atoms with Crippen LogP contribution in [0.3, 0.4) is 0 Å². The Morgan fingerprint density at radius 1 is 1.38 bits per heavy atom. The molecule has 3 N–H and O–H groups in total. The first-order valence-electron chi connectivity index (χ1n) is 7.11. The number of rotatable bonds is 5. The van der Waals surface area contributed by atoms with E-state index in [-0.39, 0.29) is 5.91 Å². The number of aliphatic imine (C=N–C) groups is 1. The molecule has 114 valence electrons. The number of anilines is 1. The van der Waals surface area contributed by atoms with E-state index in [0.29, 0.717) is 24.9 Å². The van der Waals surface area contributed by atoms with E-state index in [4.69, 9.17) is 0 Å². The molecule has 2 rings (SSSR count). The van der Waals surface area contributed by atoms with Crippen molar-refractivity contribution < 1.29 is 4.79 Å². The van der Waals surface area contributed by atoms with E-state index >= 15 is 0 Å². The zero-order chi connectivity index (χ0) is 15.2. The minimum atomic E-state index is -0.0138. The number of hydrogen-bond acceptors (Lipinski definition) is 2. The molecule has 21 heavy (non-hydrogen) atoms. The lowest BCUT2D eigenvalue weighted by Gasteiger charge is -2.11. The molecule has 1 aromatic rings. The van der Waals surface area contributed by atoms with Crippen LogP contribution in [0.2, 0.25) is 0 Å². The molecule has 5 nitrogen and oxygen atoms in total. The Hall–Kier alpha value is -1.56. The van der Waals surface area contributed by atoms with Crippen molar-refractivity contribution >= 4 is 33.5 Å². The van der Waals surface area contributed by atoms with Crippen LogP contribution in [0.4, 0.5) is 5.69 Å². The van der Waals surface area contributed by atoms with Gasteiger partial charge >= 0.3 is 0 Å². The van der Waals surface area contributed by atoms with Gasteiger partial charge in [0, 0.05) is 36.2 Å². The van der Waals surface area contributed by atoms with E-state index in [1.807, 2.05) is 24.3 Å². The van der Waals surface area contributed by atoms with Gasteiger partial charge in [-0.2, -0.15) is 0 Å². The number of hydrogen-bond donors (Lipinski definition) is 3. The zero-order valence-electron chi connectivity index (χ0n) is 12.3. The van der Waals surface area contributed by atoms with Gasteiger partial charge in [-0.1, -0.05) is 22.9 Å². The third-order valence-electron chi connectivity index (χ3n) is 3.43. The molecule has 1 saturated carbocycles. The first-order valence-corrected chi connectivity index (χ1v) is 7.90. The molecule has 1 aromatic carbocycles. The molecule has 0 aliphatic heterocycles. The summed E-state index contributed by atoms with van der Waals surface area (Å²) in [6.45, 7) is 2.76. The number of benzene rings is 1. The predicted molar refractivity (Wildman–Crippen MR) is 89.5 cm³/mol. The van der Waals surface area contributed by atoms with E-state index in [2.05, 4.69) is 43.8 Å². The Labute approximate surface area is 133 Å². The number of guanidine groups is 1. The smallest absolute Gasteiger partial charge is 0.226 e. The monoisotopic (exact) mass is 352 g/mol. The van der Waals surface area contributed by atoms with E-state index in [1.54, 1.807) is 7.05 Å². The van der Waals surface area contributed by atoms with Crippen LogP contribution in [0.25, 0.3) is 0 Å². The van der Waals surface area contributed by atoms with Gasteiger partial charge in [-0.3, -0.25) is 9.79 Å². The quantitative estimate of drug-likeness (QED) is 0.562. The zero-order valence-corrected chi connectivity index (χ0v) is 13.9. The molecule has 2 unspecified atom stereocenters. The van der Waals surface area contributed by atoms with Crippen LogP contribution in [0, 0.1) is 5.92 Å². The molecule has 0 heterocycles. The Morgan fingerprint density at radius 3 is 2.62 bits per heavy atom. The number of nitrogens with one attached hydrogen (secondary N) is 3. The standard InChI is InChI=1S/C15H21BrN4O/c1-10-9-13(10)20-15(17-2)18-8-7-14(21)19-12-5-3-11(16)4-6-12/h3-6,10,13H,7-9H2,1-2H3,(H,19,21)(H2,17,18,20). The SMILES string of the molecule is CN=C(NCCC(=O)Nc1ccc(Br)cc1)NC1CC1C. The summed E-state index contributed by atoms with van der Waals surface area (Å²) in [5, 5.41) is 9.34. The van der Waals surface area contributed by atoms with Crippen LogP contribution in [0.1, 0.15) is 19.8 Å². The number of halogens is 1. The van der Waals surface area contributed by atoms with Gasteiger partial charge in [-0.05, 0) is 36.6 Å². The van der Waals surface area contributed by atoms with Crippen LogP contribution in [0.15, 0.2) is 33.7 Å². The third-order valence-corrected chi connectivity index (χ3v) is 3.96. The molecular formula is C15H21BrN4O. The highest BCUT2D eigenvalue weighted by molar-refractivity contribution is 9.10. The maximum atomic E-state index is 11.8. The second-order valence-corrected chi connectivity index (χ2v) is 6.18. The topological polar surface area (TPSA) is 65.5 Å². The third kappa shape index (κ3) is 5.38. The van der Waals surface area contributed by atoms with Crippen molar-refractivity contribution in [1.29, 1.82) is 0 Å². The van der Waals surface area contributed by atoms with Crippen LogP contribution in [-0.4, -0.2) is 31.5 Å². The molecule has 0 spiro atoms. The molecule has 1 amide bonds. The predicted octanol–water partition coefficient (Wildman–Crippen LogP) is 2.35. The minimum Gasteiger partial charge on any atom is -0.356 e. The lowest BCUT2D eigenvalue weighted by atomic mass is 10.3. The molecule has 1 aliphatic rings. The normalized spacial score (nSPS) is 20.8. The van der Waals surface area contributed by atoms with Crippen molar-refractivity contribution in [2.24, 2.45) is 10.9 Å². The molecule has 0 radical (unpaired) electrons. The van der Waals surface area contributed by atoms with Gasteiger partial charge in [0.05, 0.1) is 0 Å². The van der Waals surface area contributed by atoms with Crippen molar-refractivity contribution in [3.05, 3.63) is 28.7 Å². The van der Waals surface area contributed by atoms with Gasteiger partial charge in [-0.25, -0.2) is 0 Å². The van der Waals surface area contributed by atoms with E-state index in [1.165, 1.54) is 6.42 Å². The highest BCUT2D eigenvalue weighted by Gasteiger charge is 2.33. The van der Waals surface area contributed by atoms with Crippen LogP contribution >= 0.6 is 15.9 Å². The van der Waals surface area contributed by atoms with Crippen molar-refractivity contribution in [3.8, 4) is 0 Å². The summed E-state index contributed by atoms with van der Waals surface area (Å²) in [5.74, 6) is 1.46. The number of carbonyl (C=O) groups is 1. The fraction of sp³-hybridized carbons (Fsp3) is 0.467. The maximum Gasteiger partial charge on any atom is 0.226 e. The number of nitrogens with zero attached hydrogens (tertiary/aromatic N) is 1. The molecule has 6 heteroatoms. The molecule has 0 bridgehead atoms. The largest absolute Gasteiger partial charge is 0.356 e. The van der Waals surface area contributed by atoms with E-state index in [0.717, 1.165) is 16.1 Å². The lowest BCUT2D eigenvalue weighted by molar-refractivity contribution is -0.116.